The Morgan fingerprint density at radius 2 is 1.62 bits per heavy atom. The quantitative estimate of drug-likeness (QED) is 0.229. The zero-order chi connectivity index (χ0) is 22.3. The van der Waals surface area contributed by atoms with Crippen LogP contribution in [0.3, 0.4) is 0 Å². The standard InChI is InChI=1S/C26H27ClN2O2S/c1-3-4-15-30-23-13-14-25-24(16-23)26(28-32-25)29(2)17-19-7-11-22(12-8-19)31-18-20-5-9-21(27)10-6-20/h5-14,16H,3-4,15,17-18H2,1-2H3. The van der Waals surface area contributed by atoms with Crippen LogP contribution in [0.2, 0.25) is 5.02 Å². The third-order valence-electron chi connectivity index (χ3n) is 5.21. The van der Waals surface area contributed by atoms with Crippen molar-refractivity contribution < 1.29 is 9.47 Å². The summed E-state index contributed by atoms with van der Waals surface area (Å²) in [5.41, 5.74) is 2.29. The Hall–Kier alpha value is -2.76. The summed E-state index contributed by atoms with van der Waals surface area (Å²) in [4.78, 5) is 2.18. The van der Waals surface area contributed by atoms with Crippen LogP contribution < -0.4 is 14.4 Å². The minimum atomic E-state index is 0.518. The lowest BCUT2D eigenvalue weighted by molar-refractivity contribution is 0.306. The summed E-state index contributed by atoms with van der Waals surface area (Å²) in [6.45, 7) is 4.19. The normalized spacial score (nSPS) is 11.0. The van der Waals surface area contributed by atoms with Crippen LogP contribution in [0.5, 0.6) is 11.5 Å². The van der Waals surface area contributed by atoms with E-state index in [9.17, 15) is 0 Å². The van der Waals surface area contributed by atoms with Gasteiger partial charge in [-0.2, -0.15) is 4.37 Å². The molecule has 0 spiro atoms. The molecule has 6 heteroatoms. The molecule has 0 aliphatic rings. The lowest BCUT2D eigenvalue weighted by atomic mass is 10.2. The maximum absolute atomic E-state index is 5.94. The molecule has 0 aliphatic carbocycles. The first-order valence-corrected chi connectivity index (χ1v) is 12.0. The van der Waals surface area contributed by atoms with Crippen LogP contribution in [0, 0.1) is 0 Å². The monoisotopic (exact) mass is 466 g/mol. The van der Waals surface area contributed by atoms with Gasteiger partial charge in [0.15, 0.2) is 0 Å². The van der Waals surface area contributed by atoms with Crippen molar-refractivity contribution in [2.75, 3.05) is 18.6 Å². The molecule has 4 rings (SSSR count). The van der Waals surface area contributed by atoms with E-state index in [1.54, 1.807) is 0 Å². The zero-order valence-electron chi connectivity index (χ0n) is 18.4. The second-order valence-electron chi connectivity index (χ2n) is 7.78. The van der Waals surface area contributed by atoms with Gasteiger partial charge in [0, 0.05) is 24.0 Å². The molecular weight excluding hydrogens is 440 g/mol. The van der Waals surface area contributed by atoms with Crippen LogP contribution in [-0.4, -0.2) is 18.0 Å². The number of hydrogen-bond acceptors (Lipinski definition) is 5. The Kier molecular flexibility index (Phi) is 7.51. The fourth-order valence-corrected chi connectivity index (χ4v) is 4.32. The van der Waals surface area contributed by atoms with Gasteiger partial charge in [-0.25, -0.2) is 0 Å². The van der Waals surface area contributed by atoms with Crippen LogP contribution in [0.1, 0.15) is 30.9 Å². The van der Waals surface area contributed by atoms with Crippen molar-refractivity contribution in [3.63, 3.8) is 0 Å². The van der Waals surface area contributed by atoms with Crippen molar-refractivity contribution in [1.29, 1.82) is 0 Å². The predicted molar refractivity (Wildman–Crippen MR) is 134 cm³/mol. The number of rotatable bonds is 10. The topological polar surface area (TPSA) is 34.6 Å². The number of benzene rings is 3. The summed E-state index contributed by atoms with van der Waals surface area (Å²) >= 11 is 7.46. The third kappa shape index (κ3) is 5.72. The van der Waals surface area contributed by atoms with E-state index in [-0.39, 0.29) is 0 Å². The molecule has 0 amide bonds. The summed E-state index contributed by atoms with van der Waals surface area (Å²) in [6.07, 6.45) is 2.19. The fourth-order valence-electron chi connectivity index (χ4n) is 3.39. The molecule has 0 aliphatic heterocycles. The van der Waals surface area contributed by atoms with E-state index in [2.05, 4.69) is 43.1 Å². The number of aromatic nitrogens is 1. The summed E-state index contributed by atoms with van der Waals surface area (Å²) in [5.74, 6) is 2.73. The average Bonchev–Trinajstić information content (AvgIpc) is 3.23. The largest absolute Gasteiger partial charge is 0.494 e. The molecule has 4 aromatic rings. The smallest absolute Gasteiger partial charge is 0.150 e. The van der Waals surface area contributed by atoms with Gasteiger partial charge in [0.1, 0.15) is 23.9 Å². The van der Waals surface area contributed by atoms with Crippen molar-refractivity contribution in [2.45, 2.75) is 32.9 Å². The molecule has 166 valence electrons. The van der Waals surface area contributed by atoms with Gasteiger partial charge in [0.2, 0.25) is 0 Å². The van der Waals surface area contributed by atoms with Gasteiger partial charge in [-0.15, -0.1) is 0 Å². The lowest BCUT2D eigenvalue weighted by Gasteiger charge is -2.17. The van der Waals surface area contributed by atoms with Gasteiger partial charge >= 0.3 is 0 Å². The molecule has 0 unspecified atom stereocenters. The predicted octanol–water partition coefficient (Wildman–Crippen LogP) is 7.34. The number of halogens is 1. The highest BCUT2D eigenvalue weighted by Gasteiger charge is 2.12. The molecule has 4 nitrogen and oxygen atoms in total. The number of nitrogens with zero attached hydrogens (tertiary/aromatic N) is 2. The highest BCUT2D eigenvalue weighted by molar-refractivity contribution is 7.13. The molecule has 0 radical (unpaired) electrons. The Labute approximate surface area is 198 Å². The lowest BCUT2D eigenvalue weighted by Crippen LogP contribution is -2.16. The van der Waals surface area contributed by atoms with E-state index in [1.807, 2.05) is 42.5 Å². The van der Waals surface area contributed by atoms with E-state index in [0.717, 1.165) is 59.3 Å². The number of ether oxygens (including phenoxy) is 2. The van der Waals surface area contributed by atoms with E-state index < -0.39 is 0 Å². The molecule has 0 saturated carbocycles. The van der Waals surface area contributed by atoms with Gasteiger partial charge in [-0.3, -0.25) is 0 Å². The summed E-state index contributed by atoms with van der Waals surface area (Å²) in [6, 6.07) is 22.2. The zero-order valence-corrected chi connectivity index (χ0v) is 20.0. The number of hydrogen-bond donors (Lipinski definition) is 0. The van der Waals surface area contributed by atoms with E-state index in [0.29, 0.717) is 6.61 Å². The van der Waals surface area contributed by atoms with Crippen molar-refractivity contribution in [2.24, 2.45) is 0 Å². The Balaban J connectivity index is 1.38. The highest BCUT2D eigenvalue weighted by Crippen LogP contribution is 2.33. The SMILES string of the molecule is CCCCOc1ccc2snc(N(C)Cc3ccc(OCc4ccc(Cl)cc4)cc3)c2c1. The molecule has 0 N–H and O–H groups in total. The van der Waals surface area contributed by atoms with Crippen molar-refractivity contribution in [1.82, 2.24) is 4.37 Å². The number of anilines is 1. The van der Waals surface area contributed by atoms with Gasteiger partial charge in [0.05, 0.1) is 11.3 Å². The van der Waals surface area contributed by atoms with E-state index in [1.165, 1.54) is 21.8 Å². The molecule has 0 saturated heterocycles. The minimum Gasteiger partial charge on any atom is -0.494 e. The van der Waals surface area contributed by atoms with Crippen molar-refractivity contribution >= 4 is 39.0 Å². The highest BCUT2D eigenvalue weighted by atomic mass is 35.5. The Morgan fingerprint density at radius 3 is 2.38 bits per heavy atom. The van der Waals surface area contributed by atoms with Gasteiger partial charge in [0.25, 0.3) is 0 Å². The molecule has 0 fully saturated rings. The summed E-state index contributed by atoms with van der Waals surface area (Å²) in [7, 11) is 2.07. The van der Waals surface area contributed by atoms with E-state index in [4.69, 9.17) is 25.4 Å². The molecule has 3 aromatic carbocycles. The van der Waals surface area contributed by atoms with Gasteiger partial charge in [-0.05, 0) is 71.5 Å². The average molecular weight is 467 g/mol. The summed E-state index contributed by atoms with van der Waals surface area (Å²) < 4.78 is 17.6. The van der Waals surface area contributed by atoms with Crippen LogP contribution in [0.4, 0.5) is 5.82 Å². The van der Waals surface area contributed by atoms with Crippen molar-refractivity contribution in [3.05, 3.63) is 82.9 Å². The second kappa shape index (κ2) is 10.7. The first-order chi connectivity index (χ1) is 15.6. The first-order valence-electron chi connectivity index (χ1n) is 10.8. The maximum atomic E-state index is 5.94. The molecule has 1 aromatic heterocycles. The minimum absolute atomic E-state index is 0.518. The molecule has 0 atom stereocenters. The Morgan fingerprint density at radius 1 is 0.906 bits per heavy atom. The van der Waals surface area contributed by atoms with Crippen molar-refractivity contribution in [3.8, 4) is 11.5 Å². The Bertz CT molecular complexity index is 1140. The van der Waals surface area contributed by atoms with Gasteiger partial charge < -0.3 is 14.4 Å². The fraction of sp³-hybridized carbons (Fsp3) is 0.269. The molecule has 32 heavy (non-hydrogen) atoms. The van der Waals surface area contributed by atoms with Gasteiger partial charge in [-0.1, -0.05) is 49.2 Å². The maximum Gasteiger partial charge on any atom is 0.150 e. The van der Waals surface area contributed by atoms with Crippen LogP contribution in [0.15, 0.2) is 66.7 Å². The molecule has 0 bridgehead atoms. The second-order valence-corrected chi connectivity index (χ2v) is 9.02. The van der Waals surface area contributed by atoms with Crippen LogP contribution >= 0.6 is 23.1 Å². The molecule has 1 heterocycles. The summed E-state index contributed by atoms with van der Waals surface area (Å²) in [5, 5.41) is 1.87. The van der Waals surface area contributed by atoms with Crippen LogP contribution in [0.25, 0.3) is 10.1 Å². The first kappa shape index (κ1) is 22.4. The number of fused-ring (bicyclic) bond motifs is 1. The number of unbranched alkanes of at least 4 members (excludes halogenated alkanes) is 1. The molecular formula is C26H27ClN2O2S. The van der Waals surface area contributed by atoms with Crippen LogP contribution in [-0.2, 0) is 13.2 Å². The van der Waals surface area contributed by atoms with E-state index >= 15 is 0 Å². The third-order valence-corrected chi connectivity index (χ3v) is 6.28.